The molecular formula is C29H33N5O5S. The number of hydrogen-bond acceptors (Lipinski definition) is 8. The predicted octanol–water partition coefficient (Wildman–Crippen LogP) is 3.43. The van der Waals surface area contributed by atoms with Crippen LogP contribution in [0.15, 0.2) is 101 Å². The van der Waals surface area contributed by atoms with E-state index in [-0.39, 0.29) is 47.9 Å². The molecule has 2 heterocycles. The van der Waals surface area contributed by atoms with Gasteiger partial charge >= 0.3 is 6.09 Å². The number of hydrogen-bond donors (Lipinski definition) is 2. The number of nitrogens with two attached hydrogens (primary N) is 1. The second kappa shape index (κ2) is 12.6. The summed E-state index contributed by atoms with van der Waals surface area (Å²) in [5, 5.41) is 2.83. The Hall–Kier alpha value is -4.38. The molecule has 0 bridgehead atoms. The molecule has 3 N–H and O–H groups in total. The number of likely N-dealkylation sites (tertiary alicyclic amines) is 1. The maximum Gasteiger partial charge on any atom is 0.410 e. The zero-order valence-corrected chi connectivity index (χ0v) is 23.1. The summed E-state index contributed by atoms with van der Waals surface area (Å²) in [5.74, 6) is -0.254. The summed E-state index contributed by atoms with van der Waals surface area (Å²) in [6.07, 6.45) is 5.09. The molecule has 0 aromatic heterocycles. The molecule has 1 saturated heterocycles. The van der Waals surface area contributed by atoms with Gasteiger partial charge in [0.2, 0.25) is 0 Å². The maximum absolute atomic E-state index is 13.1. The Labute approximate surface area is 234 Å². The minimum absolute atomic E-state index is 0.0602. The van der Waals surface area contributed by atoms with Gasteiger partial charge in [0.1, 0.15) is 12.4 Å². The number of rotatable bonds is 9. The number of nitrogens with one attached hydrogen (secondary N) is 1. The van der Waals surface area contributed by atoms with Crippen LogP contribution < -0.4 is 11.1 Å². The van der Waals surface area contributed by atoms with E-state index < -0.39 is 16.1 Å². The van der Waals surface area contributed by atoms with Crippen LogP contribution in [-0.2, 0) is 26.2 Å². The molecule has 210 valence electrons. The van der Waals surface area contributed by atoms with Crippen molar-refractivity contribution in [3.8, 4) is 0 Å². The first kappa shape index (κ1) is 28.6. The van der Waals surface area contributed by atoms with E-state index in [1.54, 1.807) is 23.1 Å². The van der Waals surface area contributed by atoms with Gasteiger partial charge < -0.3 is 20.7 Å². The van der Waals surface area contributed by atoms with Crippen molar-refractivity contribution in [3.05, 3.63) is 102 Å². The summed E-state index contributed by atoms with van der Waals surface area (Å²) in [4.78, 5) is 31.3. The highest BCUT2D eigenvalue weighted by Gasteiger charge is 2.31. The number of amidine groups is 1. The second-order valence-electron chi connectivity index (χ2n) is 9.64. The van der Waals surface area contributed by atoms with E-state index in [1.165, 1.54) is 24.5 Å². The average molecular weight is 564 g/mol. The first-order chi connectivity index (χ1) is 19.1. The number of piperidine rings is 1. The van der Waals surface area contributed by atoms with Gasteiger partial charge in [-0.2, -0.15) is 0 Å². The molecule has 0 aliphatic carbocycles. The Morgan fingerprint density at radius 3 is 2.62 bits per heavy atom. The summed E-state index contributed by atoms with van der Waals surface area (Å²) >= 11 is 0. The van der Waals surface area contributed by atoms with Crippen molar-refractivity contribution in [2.45, 2.75) is 31.3 Å². The fourth-order valence-electron chi connectivity index (χ4n) is 4.33. The van der Waals surface area contributed by atoms with Crippen LogP contribution in [0.25, 0.3) is 0 Å². The maximum atomic E-state index is 13.1. The molecule has 4 rings (SSSR count). The van der Waals surface area contributed by atoms with Gasteiger partial charge in [-0.3, -0.25) is 4.79 Å². The lowest BCUT2D eigenvalue weighted by atomic mass is 9.94. The Balaban J connectivity index is 1.32. The molecular weight excluding hydrogens is 530 g/mol. The second-order valence-corrected chi connectivity index (χ2v) is 11.5. The van der Waals surface area contributed by atoms with Crippen LogP contribution in [-0.4, -0.2) is 55.0 Å². The number of ketones is 1. The summed E-state index contributed by atoms with van der Waals surface area (Å²) in [6.45, 7) is 6.65. The van der Waals surface area contributed by atoms with Gasteiger partial charge in [0.05, 0.1) is 17.6 Å². The van der Waals surface area contributed by atoms with E-state index in [4.69, 9.17) is 10.5 Å². The predicted molar refractivity (Wildman–Crippen MR) is 152 cm³/mol. The van der Waals surface area contributed by atoms with E-state index in [2.05, 4.69) is 16.9 Å². The largest absolute Gasteiger partial charge is 0.445 e. The summed E-state index contributed by atoms with van der Waals surface area (Å²) in [5.41, 5.74) is 8.25. The number of ether oxygens (including phenoxy) is 1. The number of benzene rings is 2. The third-order valence-electron chi connectivity index (χ3n) is 6.62. The van der Waals surface area contributed by atoms with Crippen LogP contribution >= 0.6 is 0 Å². The third-order valence-corrected chi connectivity index (χ3v) is 8.30. The number of nitrogens with zero attached hydrogens (tertiary/aromatic N) is 3. The van der Waals surface area contributed by atoms with E-state index in [0.29, 0.717) is 25.0 Å². The van der Waals surface area contributed by atoms with Crippen molar-refractivity contribution in [2.75, 3.05) is 19.6 Å². The summed E-state index contributed by atoms with van der Waals surface area (Å²) in [6, 6.07) is 15.9. The lowest BCUT2D eigenvalue weighted by Crippen LogP contribution is -2.44. The van der Waals surface area contributed by atoms with Gasteiger partial charge in [-0.25, -0.2) is 22.5 Å². The monoisotopic (exact) mass is 563 g/mol. The minimum Gasteiger partial charge on any atom is -0.445 e. The smallest absolute Gasteiger partial charge is 0.410 e. The van der Waals surface area contributed by atoms with Crippen LogP contribution in [0.2, 0.25) is 0 Å². The van der Waals surface area contributed by atoms with Crippen LogP contribution in [0.1, 0.15) is 24.0 Å². The molecule has 10 nitrogen and oxygen atoms in total. The van der Waals surface area contributed by atoms with E-state index in [0.717, 1.165) is 15.4 Å². The molecule has 0 radical (unpaired) electrons. The zero-order valence-electron chi connectivity index (χ0n) is 22.3. The van der Waals surface area contributed by atoms with Crippen LogP contribution in [0.4, 0.5) is 4.79 Å². The average Bonchev–Trinajstić information content (AvgIpc) is 3.35. The minimum atomic E-state index is -3.89. The number of Topliss-reactive ketones (excluding diaryl/α,β-unsaturated/α-hetero) is 1. The SMILES string of the molecule is C=C1C=CN(S(=O)(=O)c2ccc(C)cc2)C1=N/C=C(\N)NCC(=O)C1CCCN(C(=O)OCc2ccccc2)C1. The van der Waals surface area contributed by atoms with Gasteiger partial charge in [0, 0.05) is 30.8 Å². The van der Waals surface area contributed by atoms with Crippen molar-refractivity contribution in [1.82, 2.24) is 14.5 Å². The van der Waals surface area contributed by atoms with Gasteiger partial charge in [-0.1, -0.05) is 54.6 Å². The fraction of sp³-hybridized carbons (Fsp3) is 0.276. The lowest BCUT2D eigenvalue weighted by molar-refractivity contribution is -0.123. The highest BCUT2D eigenvalue weighted by molar-refractivity contribution is 7.89. The van der Waals surface area contributed by atoms with Crippen LogP contribution in [0.3, 0.4) is 0 Å². The molecule has 2 aliphatic rings. The molecule has 2 aromatic rings. The lowest BCUT2D eigenvalue weighted by Gasteiger charge is -2.31. The van der Waals surface area contributed by atoms with Crippen molar-refractivity contribution < 1.29 is 22.7 Å². The molecule has 2 aromatic carbocycles. The molecule has 1 fully saturated rings. The Morgan fingerprint density at radius 1 is 1.18 bits per heavy atom. The van der Waals surface area contributed by atoms with Crippen molar-refractivity contribution in [3.63, 3.8) is 0 Å². The van der Waals surface area contributed by atoms with Crippen LogP contribution in [0, 0.1) is 12.8 Å². The molecule has 1 atom stereocenters. The molecule has 2 aliphatic heterocycles. The molecule has 1 unspecified atom stereocenters. The summed E-state index contributed by atoms with van der Waals surface area (Å²) < 4.78 is 32.7. The standard InChI is InChI=1S/C29H33N5O5S/c1-21-10-12-25(13-11-21)40(37,38)34-16-14-22(2)28(34)32-18-27(30)31-17-26(35)24-9-6-15-33(19-24)29(36)39-20-23-7-4-3-5-8-23/h3-5,7-8,10-14,16,18,24,31H,2,6,9,15,17,19-20,30H2,1H3/b27-18+,32-28?. The molecule has 0 saturated carbocycles. The number of aryl methyl sites for hydroxylation is 1. The first-order valence-electron chi connectivity index (χ1n) is 12.9. The first-order valence-corrected chi connectivity index (χ1v) is 14.3. The van der Waals surface area contributed by atoms with Gasteiger partial charge in [0.25, 0.3) is 10.0 Å². The Bertz CT molecular complexity index is 1450. The van der Waals surface area contributed by atoms with E-state index >= 15 is 0 Å². The van der Waals surface area contributed by atoms with Crippen LogP contribution in [0.5, 0.6) is 0 Å². The van der Waals surface area contributed by atoms with Crippen molar-refractivity contribution in [2.24, 2.45) is 16.6 Å². The molecule has 0 spiro atoms. The van der Waals surface area contributed by atoms with Gasteiger partial charge in [-0.05, 0) is 43.5 Å². The van der Waals surface area contributed by atoms with Gasteiger partial charge in [-0.15, -0.1) is 0 Å². The highest BCUT2D eigenvalue weighted by atomic mass is 32.2. The number of carbonyl (C=O) groups is 2. The number of aliphatic imine (C=N–C) groups is 1. The van der Waals surface area contributed by atoms with E-state index in [1.807, 2.05) is 37.3 Å². The molecule has 40 heavy (non-hydrogen) atoms. The number of carbonyl (C=O) groups excluding carboxylic acids is 2. The Morgan fingerprint density at radius 2 is 1.90 bits per heavy atom. The third kappa shape index (κ3) is 6.97. The zero-order chi connectivity index (χ0) is 28.7. The normalized spacial score (nSPS) is 18.7. The van der Waals surface area contributed by atoms with Crippen molar-refractivity contribution in [1.29, 1.82) is 0 Å². The number of sulfonamides is 1. The topological polar surface area (TPSA) is 134 Å². The highest BCUT2D eigenvalue weighted by Crippen LogP contribution is 2.24. The van der Waals surface area contributed by atoms with Crippen molar-refractivity contribution >= 4 is 27.7 Å². The number of amides is 1. The van der Waals surface area contributed by atoms with E-state index in [9.17, 15) is 18.0 Å². The summed E-state index contributed by atoms with van der Waals surface area (Å²) in [7, 11) is -3.89. The fourth-order valence-corrected chi connectivity index (χ4v) is 5.65. The molecule has 1 amide bonds. The Kier molecular flexibility index (Phi) is 9.05. The quantitative estimate of drug-likeness (QED) is 0.477. The molecule has 11 heteroatoms. The van der Waals surface area contributed by atoms with Gasteiger partial charge in [0.15, 0.2) is 11.6 Å².